The Bertz CT molecular complexity index is 259. The maximum absolute atomic E-state index is 10.4. The molecule has 2 heteroatoms. The van der Waals surface area contributed by atoms with E-state index in [0.29, 0.717) is 11.8 Å². The van der Waals surface area contributed by atoms with Gasteiger partial charge in [0, 0.05) is 25.2 Å². The summed E-state index contributed by atoms with van der Waals surface area (Å²) in [5.74, 6) is 1.26. The van der Waals surface area contributed by atoms with Crippen LogP contribution in [0.25, 0.3) is 0 Å². The summed E-state index contributed by atoms with van der Waals surface area (Å²) in [6.07, 6.45) is 9.44. The van der Waals surface area contributed by atoms with E-state index >= 15 is 0 Å². The van der Waals surface area contributed by atoms with E-state index in [9.17, 15) is 5.11 Å². The summed E-state index contributed by atoms with van der Waals surface area (Å²) in [5.41, 5.74) is 0. The Morgan fingerprint density at radius 3 is 2.44 bits per heavy atom. The average Bonchev–Trinajstić information content (AvgIpc) is 2.65. The van der Waals surface area contributed by atoms with Gasteiger partial charge in [0.25, 0.3) is 0 Å². The van der Waals surface area contributed by atoms with Gasteiger partial charge in [-0.2, -0.15) is 0 Å². The van der Waals surface area contributed by atoms with Crippen LogP contribution in [-0.2, 0) is 0 Å². The van der Waals surface area contributed by atoms with Crippen LogP contribution in [0, 0.1) is 11.8 Å². The minimum atomic E-state index is 0.0306. The lowest BCUT2D eigenvalue weighted by molar-refractivity contribution is -0.928. The lowest BCUT2D eigenvalue weighted by Crippen LogP contribution is -2.59. The first-order chi connectivity index (χ1) is 7.71. The van der Waals surface area contributed by atoms with Crippen molar-refractivity contribution < 1.29 is 9.59 Å². The van der Waals surface area contributed by atoms with Crippen LogP contribution < -0.4 is 0 Å². The van der Waals surface area contributed by atoms with Gasteiger partial charge in [0.1, 0.15) is 0 Å². The topological polar surface area (TPSA) is 20.2 Å². The van der Waals surface area contributed by atoms with Crippen LogP contribution in [0.5, 0.6) is 0 Å². The van der Waals surface area contributed by atoms with Crippen molar-refractivity contribution in [2.45, 2.75) is 57.1 Å². The minimum Gasteiger partial charge on any atom is -0.392 e. The molecule has 1 saturated heterocycles. The van der Waals surface area contributed by atoms with E-state index in [1.807, 2.05) is 0 Å². The van der Waals surface area contributed by atoms with Gasteiger partial charge < -0.3 is 9.59 Å². The molecular weight excluding hydrogens is 198 g/mol. The molecule has 0 radical (unpaired) electrons. The number of aliphatic hydroxyl groups is 1. The third-order valence-electron chi connectivity index (χ3n) is 5.75. The van der Waals surface area contributed by atoms with Gasteiger partial charge in [-0.1, -0.05) is 6.42 Å². The van der Waals surface area contributed by atoms with Gasteiger partial charge in [0.05, 0.1) is 32.3 Å². The van der Waals surface area contributed by atoms with Gasteiger partial charge in [-0.3, -0.25) is 0 Å². The highest BCUT2D eigenvalue weighted by Gasteiger charge is 2.49. The first kappa shape index (κ1) is 11.0. The Balaban J connectivity index is 1.80. The minimum absolute atomic E-state index is 0.0306. The lowest BCUT2D eigenvalue weighted by atomic mass is 9.67. The summed E-state index contributed by atoms with van der Waals surface area (Å²) in [6, 6.07) is 0.772. The maximum atomic E-state index is 10.4. The second kappa shape index (κ2) is 3.99. The summed E-state index contributed by atoms with van der Waals surface area (Å²) < 4.78 is 1.27. The van der Waals surface area contributed by atoms with Crippen molar-refractivity contribution in [1.29, 1.82) is 0 Å². The van der Waals surface area contributed by atoms with Crippen molar-refractivity contribution in [3.05, 3.63) is 0 Å². The van der Waals surface area contributed by atoms with E-state index in [0.717, 1.165) is 6.04 Å². The van der Waals surface area contributed by atoms with Gasteiger partial charge in [-0.15, -0.1) is 0 Å². The molecule has 4 atom stereocenters. The number of hydrogen-bond acceptors (Lipinski definition) is 1. The normalized spacial score (nSPS) is 46.9. The van der Waals surface area contributed by atoms with Crippen LogP contribution >= 0.6 is 0 Å². The Morgan fingerprint density at radius 1 is 0.938 bits per heavy atom. The molecule has 16 heavy (non-hydrogen) atoms. The standard InChI is InChI=1S/C14H26NO/c1-15(9-2-3-10-15)13-8-7-11-5-4-6-12(13)14(11)16/h11-14,16H,2-10H2,1H3/q+1/t11-,12+,13-,14+/m0/s1. The third-order valence-corrected chi connectivity index (χ3v) is 5.75. The van der Waals surface area contributed by atoms with E-state index in [2.05, 4.69) is 7.05 Å². The van der Waals surface area contributed by atoms with E-state index in [4.69, 9.17) is 0 Å². The number of fused-ring (bicyclic) bond motifs is 2. The molecule has 0 unspecified atom stereocenters. The molecule has 0 aromatic heterocycles. The Hall–Kier alpha value is -0.0800. The zero-order chi connectivity index (χ0) is 11.2. The molecule has 0 spiro atoms. The quantitative estimate of drug-likeness (QED) is 0.677. The van der Waals surface area contributed by atoms with Crippen molar-refractivity contribution in [3.63, 3.8) is 0 Å². The predicted molar refractivity (Wildman–Crippen MR) is 65.0 cm³/mol. The largest absolute Gasteiger partial charge is 0.392 e. The zero-order valence-electron chi connectivity index (χ0n) is 10.6. The van der Waals surface area contributed by atoms with Crippen molar-refractivity contribution in [1.82, 2.24) is 0 Å². The van der Waals surface area contributed by atoms with Gasteiger partial charge in [0.15, 0.2) is 0 Å². The molecular formula is C14H26NO+. The van der Waals surface area contributed by atoms with Gasteiger partial charge >= 0.3 is 0 Å². The van der Waals surface area contributed by atoms with Crippen LogP contribution in [0.2, 0.25) is 0 Å². The highest BCUT2D eigenvalue weighted by Crippen LogP contribution is 2.44. The predicted octanol–water partition coefficient (Wildman–Crippen LogP) is 2.17. The molecule has 0 aromatic carbocycles. The molecule has 1 N–H and O–H groups in total. The average molecular weight is 224 g/mol. The molecule has 92 valence electrons. The molecule has 1 aliphatic heterocycles. The van der Waals surface area contributed by atoms with Gasteiger partial charge in [-0.05, 0) is 25.2 Å². The molecule has 3 rings (SSSR count). The molecule has 2 aliphatic carbocycles. The van der Waals surface area contributed by atoms with E-state index in [-0.39, 0.29) is 6.10 Å². The summed E-state index contributed by atoms with van der Waals surface area (Å²) in [4.78, 5) is 0. The Labute approximate surface area is 99.2 Å². The second-order valence-corrected chi connectivity index (χ2v) is 6.62. The second-order valence-electron chi connectivity index (χ2n) is 6.62. The monoisotopic (exact) mass is 224 g/mol. The molecule has 1 heterocycles. The van der Waals surface area contributed by atoms with Crippen molar-refractivity contribution in [3.8, 4) is 0 Å². The van der Waals surface area contributed by atoms with E-state index in [1.54, 1.807) is 0 Å². The maximum Gasteiger partial charge on any atom is 0.0941 e. The Morgan fingerprint density at radius 2 is 1.69 bits per heavy atom. The van der Waals surface area contributed by atoms with Crippen LogP contribution in [-0.4, -0.2) is 41.9 Å². The fourth-order valence-electron chi connectivity index (χ4n) is 4.80. The van der Waals surface area contributed by atoms with Gasteiger partial charge in [-0.25, -0.2) is 0 Å². The molecule has 0 aromatic rings. The number of quaternary nitrogens is 1. The highest BCUT2D eigenvalue weighted by atomic mass is 16.3. The van der Waals surface area contributed by atoms with Crippen LogP contribution in [0.15, 0.2) is 0 Å². The smallest absolute Gasteiger partial charge is 0.0941 e. The van der Waals surface area contributed by atoms with Crippen molar-refractivity contribution >= 4 is 0 Å². The summed E-state index contributed by atoms with van der Waals surface area (Å²) >= 11 is 0. The number of likely N-dealkylation sites (tertiary alicyclic amines) is 1. The third kappa shape index (κ3) is 1.62. The number of nitrogens with zero attached hydrogens (tertiary/aromatic N) is 1. The molecule has 3 fully saturated rings. The first-order valence-electron chi connectivity index (χ1n) is 7.23. The number of rotatable bonds is 1. The SMILES string of the molecule is C[N+]1([C@H]2CC[C@@H]3CCC[C@H]2[C@@H]3O)CCCC1. The fraction of sp³-hybridized carbons (Fsp3) is 1.00. The summed E-state index contributed by atoms with van der Waals surface area (Å²) in [6.45, 7) is 2.72. The molecule has 3 aliphatic rings. The number of hydrogen-bond donors (Lipinski definition) is 1. The zero-order valence-corrected chi connectivity index (χ0v) is 10.6. The Kier molecular flexibility index (Phi) is 2.75. The first-order valence-corrected chi connectivity index (χ1v) is 7.23. The fourth-order valence-corrected chi connectivity index (χ4v) is 4.80. The highest BCUT2D eigenvalue weighted by molar-refractivity contribution is 4.92. The molecule has 2 bridgehead atoms. The van der Waals surface area contributed by atoms with Crippen molar-refractivity contribution in [2.75, 3.05) is 20.1 Å². The molecule has 0 amide bonds. The lowest BCUT2D eigenvalue weighted by Gasteiger charge is -2.50. The summed E-state index contributed by atoms with van der Waals surface area (Å²) in [5, 5.41) is 10.4. The van der Waals surface area contributed by atoms with E-state index < -0.39 is 0 Å². The van der Waals surface area contributed by atoms with Gasteiger partial charge in [0.2, 0.25) is 0 Å². The van der Waals surface area contributed by atoms with Crippen molar-refractivity contribution in [2.24, 2.45) is 11.8 Å². The van der Waals surface area contributed by atoms with E-state index in [1.165, 1.54) is 62.5 Å². The number of aliphatic hydroxyl groups excluding tert-OH is 1. The molecule has 2 nitrogen and oxygen atoms in total. The summed E-state index contributed by atoms with van der Waals surface area (Å²) in [7, 11) is 2.44. The molecule has 2 saturated carbocycles. The van der Waals surface area contributed by atoms with Crippen LogP contribution in [0.1, 0.15) is 44.9 Å². The van der Waals surface area contributed by atoms with Crippen LogP contribution in [0.3, 0.4) is 0 Å². The van der Waals surface area contributed by atoms with Crippen LogP contribution in [0.4, 0.5) is 0 Å².